The van der Waals surface area contributed by atoms with Crippen molar-refractivity contribution in [1.82, 2.24) is 0 Å². The molecule has 18 heavy (non-hydrogen) atoms. The van der Waals surface area contributed by atoms with E-state index in [1.807, 2.05) is 0 Å². The highest BCUT2D eigenvalue weighted by Gasteiger charge is 2.17. The smallest absolute Gasteiger partial charge is 0.303 e. The zero-order valence-corrected chi connectivity index (χ0v) is 9.28. The Balaban J connectivity index is 2.68. The number of carboxylic acids is 1. The van der Waals surface area contributed by atoms with E-state index in [-0.39, 0.29) is 6.42 Å². The van der Waals surface area contributed by atoms with Gasteiger partial charge in [-0.1, -0.05) is 0 Å². The molecular weight excluding hydrogens is 246 g/mol. The number of halogens is 2. The first-order valence-corrected chi connectivity index (χ1v) is 5.12. The lowest BCUT2D eigenvalue weighted by atomic mass is 10.0. The van der Waals surface area contributed by atoms with Crippen molar-refractivity contribution < 1.29 is 28.3 Å². The normalized spacial score (nSPS) is 10.1. The minimum atomic E-state index is -1.16. The second kappa shape index (κ2) is 6.00. The highest BCUT2D eigenvalue weighted by atomic mass is 19.1. The maximum absolute atomic E-state index is 13.2. The van der Waals surface area contributed by atoms with Crippen LogP contribution in [0.2, 0.25) is 0 Å². The van der Waals surface area contributed by atoms with E-state index in [9.17, 15) is 23.2 Å². The molecule has 0 atom stereocenters. The summed E-state index contributed by atoms with van der Waals surface area (Å²) < 4.78 is 26.0. The molecule has 0 saturated carbocycles. The van der Waals surface area contributed by atoms with Crippen LogP contribution in [0.15, 0.2) is 18.2 Å². The maximum atomic E-state index is 13.2. The van der Waals surface area contributed by atoms with E-state index in [1.165, 1.54) is 0 Å². The molecule has 6 heteroatoms. The molecule has 1 rings (SSSR count). The summed E-state index contributed by atoms with van der Waals surface area (Å²) in [7, 11) is 0. The van der Waals surface area contributed by atoms with Crippen LogP contribution in [0.3, 0.4) is 0 Å². The van der Waals surface area contributed by atoms with E-state index in [1.54, 1.807) is 0 Å². The summed E-state index contributed by atoms with van der Waals surface area (Å²) in [6, 6.07) is 2.37. The molecule has 0 aliphatic carbocycles. The fraction of sp³-hybridized carbons (Fsp3) is 0.250. The first-order valence-electron chi connectivity index (χ1n) is 5.12. The van der Waals surface area contributed by atoms with E-state index in [0.29, 0.717) is 6.07 Å². The number of ketones is 2. The highest BCUT2D eigenvalue weighted by Crippen LogP contribution is 2.13. The lowest BCUT2D eigenvalue weighted by molar-refractivity contribution is -0.138. The Morgan fingerprint density at radius 3 is 2.39 bits per heavy atom. The summed E-state index contributed by atoms with van der Waals surface area (Å²) in [6.45, 7) is 0. The van der Waals surface area contributed by atoms with Crippen LogP contribution >= 0.6 is 0 Å². The van der Waals surface area contributed by atoms with Gasteiger partial charge >= 0.3 is 5.97 Å². The van der Waals surface area contributed by atoms with Crippen molar-refractivity contribution in [3.05, 3.63) is 35.4 Å². The third-order valence-electron chi connectivity index (χ3n) is 2.20. The molecule has 0 heterocycles. The van der Waals surface area contributed by atoms with Crippen LogP contribution in [0.4, 0.5) is 8.78 Å². The summed E-state index contributed by atoms with van der Waals surface area (Å²) in [5.74, 6) is -4.33. The number of Topliss-reactive ketones (excluding diaryl/α,β-unsaturated/α-hetero) is 2. The molecule has 0 aliphatic heterocycles. The molecule has 4 nitrogen and oxygen atoms in total. The summed E-state index contributed by atoms with van der Waals surface area (Å²) >= 11 is 0. The summed E-state index contributed by atoms with van der Waals surface area (Å²) in [5, 5.41) is 8.35. The van der Waals surface area contributed by atoms with Crippen molar-refractivity contribution in [2.45, 2.75) is 19.3 Å². The maximum Gasteiger partial charge on any atom is 0.303 e. The first-order chi connectivity index (χ1) is 8.40. The molecule has 0 amide bonds. The number of benzene rings is 1. The van der Waals surface area contributed by atoms with E-state index in [4.69, 9.17) is 5.11 Å². The molecule has 0 aliphatic rings. The monoisotopic (exact) mass is 256 g/mol. The molecule has 0 radical (unpaired) electrons. The van der Waals surface area contributed by atoms with Crippen molar-refractivity contribution in [3.63, 3.8) is 0 Å². The third-order valence-corrected chi connectivity index (χ3v) is 2.20. The summed E-state index contributed by atoms with van der Waals surface area (Å²) in [6.07, 6.45) is -1.33. The zero-order valence-electron chi connectivity index (χ0n) is 9.28. The second-order valence-electron chi connectivity index (χ2n) is 3.66. The van der Waals surface area contributed by atoms with Crippen molar-refractivity contribution in [2.24, 2.45) is 0 Å². The fourth-order valence-electron chi connectivity index (χ4n) is 1.32. The van der Waals surface area contributed by atoms with Crippen LogP contribution in [0, 0.1) is 11.6 Å². The van der Waals surface area contributed by atoms with Crippen LogP contribution in [0.1, 0.15) is 29.6 Å². The van der Waals surface area contributed by atoms with Crippen molar-refractivity contribution in [1.29, 1.82) is 0 Å². The molecular formula is C12H10F2O4. The Morgan fingerprint density at radius 2 is 1.78 bits per heavy atom. The Kier molecular flexibility index (Phi) is 4.65. The minimum Gasteiger partial charge on any atom is -0.481 e. The van der Waals surface area contributed by atoms with Gasteiger partial charge in [-0.15, -0.1) is 0 Å². The molecule has 1 aromatic rings. The number of hydrogen-bond acceptors (Lipinski definition) is 3. The fourth-order valence-corrected chi connectivity index (χ4v) is 1.32. The number of hydrogen-bond donors (Lipinski definition) is 1. The number of aliphatic carboxylic acids is 1. The molecule has 0 spiro atoms. The Labute approximate surface area is 101 Å². The van der Waals surface area contributed by atoms with Crippen LogP contribution in [0.25, 0.3) is 0 Å². The molecule has 0 aromatic heterocycles. The number of carbonyl (C=O) groups is 3. The SMILES string of the molecule is O=C(O)CCC(=O)CC(=O)c1cc(F)ccc1F. The number of carbonyl (C=O) groups excluding carboxylic acids is 2. The lowest BCUT2D eigenvalue weighted by Gasteiger charge is -2.02. The Bertz CT molecular complexity index is 497. The summed E-state index contributed by atoms with van der Waals surface area (Å²) in [5.41, 5.74) is -0.501. The van der Waals surface area contributed by atoms with Gasteiger partial charge in [-0.25, -0.2) is 8.78 Å². The van der Waals surface area contributed by atoms with Gasteiger partial charge in [-0.2, -0.15) is 0 Å². The quantitative estimate of drug-likeness (QED) is 0.624. The first kappa shape index (κ1) is 14.0. The summed E-state index contributed by atoms with van der Waals surface area (Å²) in [4.78, 5) is 32.9. The van der Waals surface area contributed by atoms with Gasteiger partial charge in [0, 0.05) is 6.42 Å². The van der Waals surface area contributed by atoms with Gasteiger partial charge in [0.2, 0.25) is 0 Å². The van der Waals surface area contributed by atoms with Crippen molar-refractivity contribution in [2.75, 3.05) is 0 Å². The van der Waals surface area contributed by atoms with Crippen LogP contribution < -0.4 is 0 Å². The van der Waals surface area contributed by atoms with E-state index >= 15 is 0 Å². The van der Waals surface area contributed by atoms with Crippen molar-refractivity contribution in [3.8, 4) is 0 Å². The topological polar surface area (TPSA) is 71.4 Å². The minimum absolute atomic E-state index is 0.308. The molecule has 0 fully saturated rings. The molecule has 0 bridgehead atoms. The predicted molar refractivity (Wildman–Crippen MR) is 57.2 cm³/mol. The molecule has 1 aromatic carbocycles. The van der Waals surface area contributed by atoms with E-state index in [0.717, 1.165) is 12.1 Å². The lowest BCUT2D eigenvalue weighted by Crippen LogP contribution is -2.11. The average Bonchev–Trinajstić information content (AvgIpc) is 2.29. The largest absolute Gasteiger partial charge is 0.481 e. The standard InChI is InChI=1S/C12H10F2O4/c13-7-1-3-10(14)9(5-7)11(16)6-8(15)2-4-12(17)18/h1,3,5H,2,4,6H2,(H,17,18). The molecule has 1 N–H and O–H groups in total. The Morgan fingerprint density at radius 1 is 1.11 bits per heavy atom. The van der Waals surface area contributed by atoms with Crippen LogP contribution in [0.5, 0.6) is 0 Å². The average molecular weight is 256 g/mol. The molecule has 0 unspecified atom stereocenters. The van der Waals surface area contributed by atoms with Gasteiger partial charge in [0.05, 0.1) is 18.4 Å². The zero-order chi connectivity index (χ0) is 13.7. The predicted octanol–water partition coefficient (Wildman–Crippen LogP) is 1.97. The van der Waals surface area contributed by atoms with Gasteiger partial charge in [-0.3, -0.25) is 14.4 Å². The molecule has 96 valence electrons. The van der Waals surface area contributed by atoms with E-state index < -0.39 is 47.6 Å². The van der Waals surface area contributed by atoms with E-state index in [2.05, 4.69) is 0 Å². The van der Waals surface area contributed by atoms with Crippen molar-refractivity contribution >= 4 is 17.5 Å². The molecule has 0 saturated heterocycles. The van der Waals surface area contributed by atoms with Gasteiger partial charge in [0.25, 0.3) is 0 Å². The second-order valence-corrected chi connectivity index (χ2v) is 3.66. The number of carboxylic acid groups (broad SMARTS) is 1. The van der Waals surface area contributed by atoms with Gasteiger partial charge in [0.15, 0.2) is 5.78 Å². The third kappa shape index (κ3) is 4.04. The van der Waals surface area contributed by atoms with Crippen LogP contribution in [-0.4, -0.2) is 22.6 Å². The van der Waals surface area contributed by atoms with Gasteiger partial charge < -0.3 is 5.11 Å². The highest BCUT2D eigenvalue weighted by molar-refractivity contribution is 6.08. The Hall–Kier alpha value is -2.11. The van der Waals surface area contributed by atoms with Crippen LogP contribution in [-0.2, 0) is 9.59 Å². The number of rotatable bonds is 6. The van der Waals surface area contributed by atoms with Gasteiger partial charge in [0.1, 0.15) is 17.4 Å². The van der Waals surface area contributed by atoms with Gasteiger partial charge in [-0.05, 0) is 18.2 Å².